The molecule has 0 radical (unpaired) electrons. The molecule has 1 N–H and O–H groups in total. The number of carboxylic acids is 1. The van der Waals surface area contributed by atoms with E-state index in [-0.39, 0.29) is 0 Å². The highest BCUT2D eigenvalue weighted by molar-refractivity contribution is 5.85. The maximum absolute atomic E-state index is 10.4. The normalized spacial score (nSPS) is 10.8. The molecule has 0 aromatic carbocycles. The van der Waals surface area contributed by atoms with Gasteiger partial charge in [-0.3, -0.25) is 0 Å². The molecule has 0 saturated carbocycles. The molecule has 80 valence electrons. The summed E-state index contributed by atoms with van der Waals surface area (Å²) in [5, 5.41) is 8.56. The van der Waals surface area contributed by atoms with Gasteiger partial charge in [0.1, 0.15) is 5.82 Å². The van der Waals surface area contributed by atoms with Gasteiger partial charge in [-0.05, 0) is 30.3 Å². The van der Waals surface area contributed by atoms with Gasteiger partial charge in [-0.15, -0.1) is 0 Å². The van der Waals surface area contributed by atoms with Crippen molar-refractivity contribution in [3.63, 3.8) is 0 Å². The van der Waals surface area contributed by atoms with Gasteiger partial charge in [-0.2, -0.15) is 0 Å². The summed E-state index contributed by atoms with van der Waals surface area (Å²) < 4.78 is 1.82. The van der Waals surface area contributed by atoms with Crippen molar-refractivity contribution < 1.29 is 9.90 Å². The first kappa shape index (κ1) is 10.2. The summed E-state index contributed by atoms with van der Waals surface area (Å²) >= 11 is 0. The molecule has 4 nitrogen and oxygen atoms in total. The van der Waals surface area contributed by atoms with Gasteiger partial charge >= 0.3 is 5.97 Å². The predicted molar refractivity (Wildman–Crippen MR) is 60.2 cm³/mol. The quantitative estimate of drug-likeness (QED) is 0.795. The lowest BCUT2D eigenvalue weighted by atomic mass is 10.3. The molecule has 0 bridgehead atoms. The number of carbonyl (C=O) groups is 1. The van der Waals surface area contributed by atoms with E-state index in [1.165, 1.54) is 6.08 Å². The summed E-state index contributed by atoms with van der Waals surface area (Å²) in [6, 6.07) is 9.25. The van der Waals surface area contributed by atoms with Crippen LogP contribution < -0.4 is 0 Å². The number of hydrogen-bond acceptors (Lipinski definition) is 2. The van der Waals surface area contributed by atoms with Crippen LogP contribution in [0.3, 0.4) is 0 Å². The van der Waals surface area contributed by atoms with Crippen molar-refractivity contribution in [1.82, 2.24) is 9.55 Å². The van der Waals surface area contributed by atoms with E-state index in [0.717, 1.165) is 17.6 Å². The molecule has 0 atom stereocenters. The zero-order valence-corrected chi connectivity index (χ0v) is 8.45. The number of rotatable bonds is 3. The fraction of sp³-hybridized carbons (Fsp3) is 0. The molecule has 0 unspecified atom stereocenters. The zero-order valence-electron chi connectivity index (χ0n) is 8.45. The van der Waals surface area contributed by atoms with Gasteiger partial charge in [-0.25, -0.2) is 9.78 Å². The number of hydrogen-bond donors (Lipinski definition) is 1. The molecule has 0 aliphatic heterocycles. The van der Waals surface area contributed by atoms with E-state index in [4.69, 9.17) is 5.11 Å². The highest BCUT2D eigenvalue weighted by Crippen LogP contribution is 2.11. The van der Waals surface area contributed by atoms with Crippen LogP contribution in [0.4, 0.5) is 0 Å². The Balaban J connectivity index is 2.37. The first-order valence-electron chi connectivity index (χ1n) is 4.77. The third-order valence-electron chi connectivity index (χ3n) is 2.07. The summed E-state index contributed by atoms with van der Waals surface area (Å²) in [5.41, 5.74) is 0.779. The molecule has 2 aromatic heterocycles. The smallest absolute Gasteiger partial charge is 0.328 e. The molecule has 0 saturated heterocycles. The Morgan fingerprint density at radius 2 is 2.19 bits per heavy atom. The molecule has 0 amide bonds. The van der Waals surface area contributed by atoms with Crippen LogP contribution in [0.2, 0.25) is 0 Å². The molecule has 2 aromatic rings. The van der Waals surface area contributed by atoms with Gasteiger partial charge in [-0.1, -0.05) is 6.07 Å². The number of pyridine rings is 1. The topological polar surface area (TPSA) is 55.1 Å². The molecular formula is C12H10N2O2. The second kappa shape index (κ2) is 4.44. The van der Waals surface area contributed by atoms with Crippen molar-refractivity contribution in [3.8, 4) is 5.82 Å². The molecule has 0 aliphatic rings. The van der Waals surface area contributed by atoms with Crippen molar-refractivity contribution in [2.75, 3.05) is 0 Å². The van der Waals surface area contributed by atoms with E-state index in [0.29, 0.717) is 0 Å². The highest BCUT2D eigenvalue weighted by atomic mass is 16.4. The zero-order chi connectivity index (χ0) is 11.4. The van der Waals surface area contributed by atoms with E-state index in [1.807, 2.05) is 41.1 Å². The summed E-state index contributed by atoms with van der Waals surface area (Å²) in [7, 11) is 0. The van der Waals surface area contributed by atoms with Crippen molar-refractivity contribution in [2.45, 2.75) is 0 Å². The maximum atomic E-state index is 10.4. The largest absolute Gasteiger partial charge is 0.478 e. The molecule has 4 heteroatoms. The van der Waals surface area contributed by atoms with E-state index in [1.54, 1.807) is 6.20 Å². The number of aromatic nitrogens is 2. The van der Waals surface area contributed by atoms with E-state index >= 15 is 0 Å². The van der Waals surface area contributed by atoms with Gasteiger partial charge < -0.3 is 9.67 Å². The average molecular weight is 214 g/mol. The van der Waals surface area contributed by atoms with Gasteiger partial charge in [0.05, 0.1) is 0 Å². The van der Waals surface area contributed by atoms with Crippen LogP contribution in [-0.4, -0.2) is 20.6 Å². The van der Waals surface area contributed by atoms with E-state index < -0.39 is 5.97 Å². The number of carboxylic acid groups (broad SMARTS) is 1. The second-order valence-corrected chi connectivity index (χ2v) is 3.16. The van der Waals surface area contributed by atoms with Crippen molar-refractivity contribution in [2.24, 2.45) is 0 Å². The minimum atomic E-state index is -0.964. The molecule has 2 heterocycles. The van der Waals surface area contributed by atoms with E-state index in [2.05, 4.69) is 4.98 Å². The first-order chi connectivity index (χ1) is 7.77. The molecular weight excluding hydrogens is 204 g/mol. The fourth-order valence-electron chi connectivity index (χ4n) is 1.39. The standard InChI is InChI=1S/C12H10N2O2/c15-12(16)7-6-10-4-3-9-14(10)11-5-1-2-8-13-11/h1-9H,(H,15,16)/b7-6+. The molecule has 0 spiro atoms. The molecule has 16 heavy (non-hydrogen) atoms. The van der Waals surface area contributed by atoms with Crippen molar-refractivity contribution in [1.29, 1.82) is 0 Å². The summed E-state index contributed by atoms with van der Waals surface area (Å²) in [6.07, 6.45) is 6.18. The minimum Gasteiger partial charge on any atom is -0.478 e. The molecule has 0 fully saturated rings. The van der Waals surface area contributed by atoms with Crippen LogP contribution in [-0.2, 0) is 4.79 Å². The maximum Gasteiger partial charge on any atom is 0.328 e. The predicted octanol–water partition coefficient (Wildman–Crippen LogP) is 1.97. The molecule has 0 aliphatic carbocycles. The van der Waals surface area contributed by atoms with Crippen LogP contribution in [0, 0.1) is 0 Å². The summed E-state index contributed by atoms with van der Waals surface area (Å²) in [5.74, 6) is -0.202. The highest BCUT2D eigenvalue weighted by Gasteiger charge is 2.00. The molecule has 2 rings (SSSR count). The SMILES string of the molecule is O=C(O)/C=C/c1cccn1-c1ccccn1. The Bertz CT molecular complexity index is 515. The van der Waals surface area contributed by atoms with Crippen LogP contribution in [0.25, 0.3) is 11.9 Å². The number of aliphatic carboxylic acids is 1. The Kier molecular flexibility index (Phi) is 2.82. The summed E-state index contributed by atoms with van der Waals surface area (Å²) in [6.45, 7) is 0. The van der Waals surface area contributed by atoms with Crippen molar-refractivity contribution in [3.05, 3.63) is 54.5 Å². The first-order valence-corrected chi connectivity index (χ1v) is 4.77. The van der Waals surface area contributed by atoms with Crippen LogP contribution in [0.15, 0.2) is 48.8 Å². The third kappa shape index (κ3) is 2.17. The Morgan fingerprint density at radius 1 is 1.31 bits per heavy atom. The van der Waals surface area contributed by atoms with Crippen LogP contribution in [0.5, 0.6) is 0 Å². The Labute approximate surface area is 92.5 Å². The summed E-state index contributed by atoms with van der Waals surface area (Å²) in [4.78, 5) is 14.6. The average Bonchev–Trinajstić information content (AvgIpc) is 2.75. The lowest BCUT2D eigenvalue weighted by molar-refractivity contribution is -0.131. The van der Waals surface area contributed by atoms with Gasteiger partial charge in [0.25, 0.3) is 0 Å². The lowest BCUT2D eigenvalue weighted by Crippen LogP contribution is -1.97. The second-order valence-electron chi connectivity index (χ2n) is 3.16. The monoisotopic (exact) mass is 214 g/mol. The Hall–Kier alpha value is -2.36. The number of nitrogens with zero attached hydrogens (tertiary/aromatic N) is 2. The van der Waals surface area contributed by atoms with Gasteiger partial charge in [0.2, 0.25) is 0 Å². The van der Waals surface area contributed by atoms with E-state index in [9.17, 15) is 4.79 Å². The minimum absolute atomic E-state index is 0.762. The third-order valence-corrected chi connectivity index (χ3v) is 2.07. The lowest BCUT2D eigenvalue weighted by Gasteiger charge is -2.03. The Morgan fingerprint density at radius 3 is 2.88 bits per heavy atom. The van der Waals surface area contributed by atoms with Crippen LogP contribution >= 0.6 is 0 Å². The fourth-order valence-corrected chi connectivity index (χ4v) is 1.39. The van der Waals surface area contributed by atoms with Crippen molar-refractivity contribution >= 4 is 12.0 Å². The van der Waals surface area contributed by atoms with Gasteiger partial charge in [0, 0.05) is 24.2 Å². The van der Waals surface area contributed by atoms with Crippen LogP contribution in [0.1, 0.15) is 5.69 Å². The van der Waals surface area contributed by atoms with Gasteiger partial charge in [0.15, 0.2) is 0 Å².